The van der Waals surface area contributed by atoms with Crippen molar-refractivity contribution in [2.45, 2.75) is 48.8 Å². The van der Waals surface area contributed by atoms with Gasteiger partial charge in [-0.25, -0.2) is 8.42 Å². The highest BCUT2D eigenvalue weighted by Crippen LogP contribution is 2.47. The van der Waals surface area contributed by atoms with Crippen molar-refractivity contribution in [2.24, 2.45) is 0 Å². The molecule has 0 spiro atoms. The van der Waals surface area contributed by atoms with Gasteiger partial charge in [0.15, 0.2) is 9.84 Å². The van der Waals surface area contributed by atoms with E-state index in [4.69, 9.17) is 16.3 Å². The van der Waals surface area contributed by atoms with Gasteiger partial charge in [0.2, 0.25) is 0 Å². The summed E-state index contributed by atoms with van der Waals surface area (Å²) in [5, 5.41) is 2.88. The number of rotatable bonds is 7. The molecule has 2 fully saturated rings. The van der Waals surface area contributed by atoms with Gasteiger partial charge in [0.05, 0.1) is 10.00 Å². The van der Waals surface area contributed by atoms with E-state index in [-0.39, 0.29) is 43.3 Å². The zero-order valence-corrected chi connectivity index (χ0v) is 21.3. The van der Waals surface area contributed by atoms with Crippen LogP contribution in [-0.2, 0) is 27.7 Å². The first-order valence-electron chi connectivity index (χ1n) is 12.1. The Morgan fingerprint density at radius 2 is 1.75 bits per heavy atom. The average Bonchev–Trinajstić information content (AvgIpc) is 3.67. The Bertz CT molecular complexity index is 1340. The van der Waals surface area contributed by atoms with Gasteiger partial charge >= 0.3 is 0 Å². The monoisotopic (exact) mass is 533 g/mol. The molecule has 1 N–H and O–H groups in total. The van der Waals surface area contributed by atoms with Crippen LogP contribution in [0, 0.1) is 0 Å². The van der Waals surface area contributed by atoms with E-state index in [1.165, 1.54) is 16.7 Å². The molecule has 1 saturated carbocycles. The van der Waals surface area contributed by atoms with Crippen molar-refractivity contribution in [1.29, 1.82) is 0 Å². The first kappa shape index (κ1) is 25.0. The summed E-state index contributed by atoms with van der Waals surface area (Å²) in [6, 6.07) is 9.83. The minimum absolute atomic E-state index is 0.0466. The molecule has 0 unspecified atom stereocenters. The van der Waals surface area contributed by atoms with E-state index >= 15 is 0 Å². The van der Waals surface area contributed by atoms with Crippen molar-refractivity contribution in [1.82, 2.24) is 14.8 Å². The average molecular weight is 534 g/mol. The fourth-order valence-corrected chi connectivity index (χ4v) is 7.69. The molecule has 0 atom stereocenters. The topological polar surface area (TPSA) is 115 Å². The number of fused-ring (bicyclic) bond motifs is 1. The third-order valence-corrected chi connectivity index (χ3v) is 10.7. The van der Waals surface area contributed by atoms with Gasteiger partial charge in [0, 0.05) is 44.4 Å². The summed E-state index contributed by atoms with van der Waals surface area (Å²) in [6.07, 6.45) is 2.05. The molecule has 192 valence electrons. The van der Waals surface area contributed by atoms with Gasteiger partial charge in [0.1, 0.15) is 11.3 Å². The van der Waals surface area contributed by atoms with Gasteiger partial charge < -0.3 is 19.5 Å². The van der Waals surface area contributed by atoms with Crippen molar-refractivity contribution in [3.05, 3.63) is 68.6 Å². The van der Waals surface area contributed by atoms with E-state index in [0.29, 0.717) is 43.9 Å². The van der Waals surface area contributed by atoms with Crippen LogP contribution in [-0.4, -0.2) is 66.0 Å². The number of hydrogen-bond donors (Lipinski definition) is 1. The maximum absolute atomic E-state index is 13.4. The Hall–Kier alpha value is -2.69. The molecule has 0 bridgehead atoms. The third kappa shape index (κ3) is 4.57. The Morgan fingerprint density at radius 3 is 2.42 bits per heavy atom. The lowest BCUT2D eigenvalue weighted by atomic mass is 10.1. The lowest BCUT2D eigenvalue weighted by molar-refractivity contribution is 0.0693. The molecule has 2 amide bonds. The summed E-state index contributed by atoms with van der Waals surface area (Å²) < 4.78 is 32.4. The second-order valence-electron chi connectivity index (χ2n) is 9.66. The number of pyridine rings is 1. The van der Waals surface area contributed by atoms with E-state index in [9.17, 15) is 22.8 Å². The van der Waals surface area contributed by atoms with E-state index in [0.717, 1.165) is 5.56 Å². The standard InChI is InChI=1S/C25H28ClN3O6S/c26-18-3-1-17(2-4-18)15-27-22(30)20-5-6-21-24(32)28(11-12-29(21)23(20)31)16-25(9-10-25)36(33,34)19-7-13-35-14-8-19/h1-6,19H,7-16H2,(H,27,30). The smallest absolute Gasteiger partial charge is 0.270 e. The fraction of sp³-hybridized carbons (Fsp3) is 0.480. The number of sulfone groups is 1. The lowest BCUT2D eigenvalue weighted by Crippen LogP contribution is -2.51. The maximum atomic E-state index is 13.4. The van der Waals surface area contributed by atoms with Crippen molar-refractivity contribution >= 4 is 33.3 Å². The van der Waals surface area contributed by atoms with Gasteiger partial charge in [-0.05, 0) is 55.5 Å². The molecule has 11 heteroatoms. The molecule has 5 rings (SSSR count). The Kier molecular flexibility index (Phi) is 6.69. The first-order valence-corrected chi connectivity index (χ1v) is 14.0. The molecule has 9 nitrogen and oxygen atoms in total. The van der Waals surface area contributed by atoms with Crippen LogP contribution in [0.1, 0.15) is 52.1 Å². The van der Waals surface area contributed by atoms with Crippen LogP contribution in [0.3, 0.4) is 0 Å². The number of nitrogens with one attached hydrogen (secondary N) is 1. The summed E-state index contributed by atoms with van der Waals surface area (Å²) in [4.78, 5) is 40.5. The molecule has 1 aromatic heterocycles. The van der Waals surface area contributed by atoms with Crippen LogP contribution >= 0.6 is 11.6 Å². The van der Waals surface area contributed by atoms with Gasteiger partial charge in [-0.2, -0.15) is 0 Å². The SMILES string of the molecule is O=C(NCc1ccc(Cl)cc1)c1ccc2n(c1=O)CCN(CC1(S(=O)(=O)C3CCOCC3)CC1)C2=O. The van der Waals surface area contributed by atoms with Gasteiger partial charge in [-0.1, -0.05) is 23.7 Å². The van der Waals surface area contributed by atoms with E-state index in [1.807, 2.05) is 0 Å². The van der Waals surface area contributed by atoms with Crippen LogP contribution in [0.5, 0.6) is 0 Å². The largest absolute Gasteiger partial charge is 0.381 e. The van der Waals surface area contributed by atoms with E-state index < -0.39 is 31.3 Å². The maximum Gasteiger partial charge on any atom is 0.270 e. The lowest BCUT2D eigenvalue weighted by Gasteiger charge is -2.34. The highest BCUT2D eigenvalue weighted by molar-refractivity contribution is 7.93. The minimum Gasteiger partial charge on any atom is -0.381 e. The molecule has 0 radical (unpaired) electrons. The fourth-order valence-electron chi connectivity index (χ4n) is 5.03. The second-order valence-corrected chi connectivity index (χ2v) is 12.7. The van der Waals surface area contributed by atoms with Crippen LogP contribution < -0.4 is 10.9 Å². The predicted molar refractivity (Wildman–Crippen MR) is 134 cm³/mol. The molecule has 1 saturated heterocycles. The molecule has 2 aromatic rings. The highest BCUT2D eigenvalue weighted by Gasteiger charge is 2.58. The molecule has 2 aliphatic heterocycles. The zero-order valence-electron chi connectivity index (χ0n) is 19.7. The highest BCUT2D eigenvalue weighted by atomic mass is 35.5. The Morgan fingerprint density at radius 1 is 1.06 bits per heavy atom. The number of carbonyl (C=O) groups excluding carboxylic acids is 2. The summed E-state index contributed by atoms with van der Waals surface area (Å²) in [5.41, 5.74) is 0.417. The molecule has 1 aromatic carbocycles. The Balaban J connectivity index is 1.29. The minimum atomic E-state index is -3.41. The van der Waals surface area contributed by atoms with Crippen molar-refractivity contribution in [3.8, 4) is 0 Å². The molecule has 3 heterocycles. The summed E-state index contributed by atoms with van der Waals surface area (Å²) in [6.45, 7) is 1.65. The van der Waals surface area contributed by atoms with Crippen LogP contribution in [0.4, 0.5) is 0 Å². The van der Waals surface area contributed by atoms with Crippen molar-refractivity contribution in [3.63, 3.8) is 0 Å². The molecule has 3 aliphatic rings. The summed E-state index contributed by atoms with van der Waals surface area (Å²) >= 11 is 5.88. The van der Waals surface area contributed by atoms with Crippen molar-refractivity contribution < 1.29 is 22.7 Å². The second kappa shape index (κ2) is 9.64. The van der Waals surface area contributed by atoms with Gasteiger partial charge in [-0.3, -0.25) is 14.4 Å². The molecule has 36 heavy (non-hydrogen) atoms. The number of nitrogens with zero attached hydrogens (tertiary/aromatic N) is 2. The van der Waals surface area contributed by atoms with Crippen LogP contribution in [0.15, 0.2) is 41.2 Å². The molecular formula is C25H28ClN3O6S. The quantitative estimate of drug-likeness (QED) is 0.582. The number of amides is 2. The van der Waals surface area contributed by atoms with Crippen LogP contribution in [0.2, 0.25) is 5.02 Å². The van der Waals surface area contributed by atoms with Gasteiger partial charge in [0.25, 0.3) is 17.4 Å². The Labute approximate surface area is 214 Å². The summed E-state index contributed by atoms with van der Waals surface area (Å²) in [7, 11) is -3.41. The molecule has 1 aliphatic carbocycles. The van der Waals surface area contributed by atoms with Crippen LogP contribution in [0.25, 0.3) is 0 Å². The number of carbonyl (C=O) groups is 2. The number of ether oxygens (including phenoxy) is 1. The first-order chi connectivity index (χ1) is 17.2. The summed E-state index contributed by atoms with van der Waals surface area (Å²) in [5.74, 6) is -0.917. The predicted octanol–water partition coefficient (Wildman–Crippen LogP) is 2.01. The number of aromatic nitrogens is 1. The van der Waals surface area contributed by atoms with Crippen molar-refractivity contribution in [2.75, 3.05) is 26.3 Å². The van der Waals surface area contributed by atoms with E-state index in [2.05, 4.69) is 5.32 Å². The zero-order chi connectivity index (χ0) is 25.5. The third-order valence-electron chi connectivity index (χ3n) is 7.38. The molecular weight excluding hydrogens is 506 g/mol. The normalized spacial score (nSPS) is 19.6. The number of benzene rings is 1. The number of halogens is 1. The number of hydrogen-bond acceptors (Lipinski definition) is 6. The van der Waals surface area contributed by atoms with E-state index in [1.54, 1.807) is 29.2 Å². The van der Waals surface area contributed by atoms with Gasteiger partial charge in [-0.15, -0.1) is 0 Å².